The Morgan fingerprint density at radius 1 is 1.07 bits per heavy atom. The number of rotatable bonds is 4. The van der Waals surface area contributed by atoms with Crippen molar-refractivity contribution in [3.8, 4) is 6.07 Å². The quantitative estimate of drug-likeness (QED) is 0.646. The molecule has 0 radical (unpaired) electrons. The van der Waals surface area contributed by atoms with Gasteiger partial charge in [0.05, 0.1) is 34.1 Å². The largest absolute Gasteiger partial charge is 0.336 e. The zero-order valence-electron chi connectivity index (χ0n) is 16.3. The number of halogens is 1. The molecule has 1 saturated heterocycles. The molecule has 4 rings (SSSR count). The van der Waals surface area contributed by atoms with E-state index in [1.807, 2.05) is 6.07 Å². The summed E-state index contributed by atoms with van der Waals surface area (Å²) in [6.45, 7) is 2.80. The van der Waals surface area contributed by atoms with Gasteiger partial charge in [0.15, 0.2) is 0 Å². The molecule has 152 valence electrons. The third-order valence-corrected chi connectivity index (χ3v) is 5.63. The van der Waals surface area contributed by atoms with Crippen molar-refractivity contribution in [1.29, 1.82) is 5.26 Å². The van der Waals surface area contributed by atoms with Crippen LogP contribution in [0.15, 0.2) is 53.3 Å². The number of para-hydroxylation sites is 1. The van der Waals surface area contributed by atoms with Gasteiger partial charge in [-0.25, -0.2) is 4.98 Å². The fourth-order valence-corrected chi connectivity index (χ4v) is 3.90. The van der Waals surface area contributed by atoms with Crippen molar-refractivity contribution in [2.45, 2.75) is 13.1 Å². The van der Waals surface area contributed by atoms with Crippen molar-refractivity contribution < 1.29 is 4.79 Å². The first-order valence-electron chi connectivity index (χ1n) is 9.70. The van der Waals surface area contributed by atoms with E-state index in [2.05, 4.69) is 16.0 Å². The smallest absolute Gasteiger partial charge is 0.262 e. The van der Waals surface area contributed by atoms with Crippen molar-refractivity contribution in [3.05, 3.63) is 75.3 Å². The van der Waals surface area contributed by atoms with Crippen LogP contribution in [0.5, 0.6) is 0 Å². The van der Waals surface area contributed by atoms with E-state index in [-0.39, 0.29) is 18.0 Å². The lowest BCUT2D eigenvalue weighted by Gasteiger charge is -2.35. The number of aromatic nitrogens is 2. The molecule has 0 spiro atoms. The maximum atomic E-state index is 12.8. The third-order valence-electron chi connectivity index (χ3n) is 5.30. The Labute approximate surface area is 178 Å². The number of piperazine rings is 1. The minimum absolute atomic E-state index is 0.0447. The molecule has 3 aromatic rings. The molecular weight excluding hydrogens is 402 g/mol. The van der Waals surface area contributed by atoms with Gasteiger partial charge in [0, 0.05) is 26.2 Å². The van der Waals surface area contributed by atoms with Gasteiger partial charge in [-0.05, 0) is 24.3 Å². The molecule has 1 aliphatic heterocycles. The van der Waals surface area contributed by atoms with Crippen LogP contribution in [0.3, 0.4) is 0 Å². The van der Waals surface area contributed by atoms with Gasteiger partial charge >= 0.3 is 0 Å². The monoisotopic (exact) mass is 421 g/mol. The molecule has 0 atom stereocenters. The first-order chi connectivity index (χ1) is 14.6. The molecular formula is C22H20ClN5O2. The van der Waals surface area contributed by atoms with E-state index in [9.17, 15) is 9.59 Å². The molecule has 8 heteroatoms. The zero-order valence-corrected chi connectivity index (χ0v) is 17.0. The summed E-state index contributed by atoms with van der Waals surface area (Å²) in [5.41, 5.74) is 0.926. The van der Waals surface area contributed by atoms with Crippen LogP contribution in [-0.2, 0) is 13.1 Å². The second-order valence-corrected chi connectivity index (χ2v) is 7.55. The van der Waals surface area contributed by atoms with Crippen molar-refractivity contribution >= 4 is 28.4 Å². The number of nitrogens with zero attached hydrogens (tertiary/aromatic N) is 5. The van der Waals surface area contributed by atoms with Gasteiger partial charge in [-0.3, -0.25) is 19.1 Å². The van der Waals surface area contributed by atoms with E-state index in [1.54, 1.807) is 47.4 Å². The number of carbonyl (C=O) groups excluding carboxylic acids is 1. The topological polar surface area (TPSA) is 82.2 Å². The van der Waals surface area contributed by atoms with Gasteiger partial charge < -0.3 is 4.90 Å². The van der Waals surface area contributed by atoms with Crippen LogP contribution < -0.4 is 5.56 Å². The molecule has 7 nitrogen and oxygen atoms in total. The van der Waals surface area contributed by atoms with E-state index in [1.165, 1.54) is 4.57 Å². The number of hydrogen-bond acceptors (Lipinski definition) is 5. The first-order valence-corrected chi connectivity index (χ1v) is 10.1. The Bertz CT molecular complexity index is 1190. The highest BCUT2D eigenvalue weighted by atomic mass is 35.5. The average Bonchev–Trinajstić information content (AvgIpc) is 2.77. The predicted molar refractivity (Wildman–Crippen MR) is 114 cm³/mol. The highest BCUT2D eigenvalue weighted by molar-refractivity contribution is 6.33. The summed E-state index contributed by atoms with van der Waals surface area (Å²) in [6, 6.07) is 16.3. The highest BCUT2D eigenvalue weighted by Crippen LogP contribution is 2.18. The Kier molecular flexibility index (Phi) is 5.79. The zero-order chi connectivity index (χ0) is 21.1. The molecule has 2 heterocycles. The van der Waals surface area contributed by atoms with Gasteiger partial charge in [0.1, 0.15) is 12.4 Å². The molecule has 1 fully saturated rings. The first kappa shape index (κ1) is 20.1. The summed E-state index contributed by atoms with van der Waals surface area (Å²) in [5.74, 6) is 0.483. The van der Waals surface area contributed by atoms with Crippen LogP contribution in [0.2, 0.25) is 5.02 Å². The van der Waals surface area contributed by atoms with E-state index in [4.69, 9.17) is 16.9 Å². The van der Waals surface area contributed by atoms with Crippen LogP contribution in [0.1, 0.15) is 16.2 Å². The maximum absolute atomic E-state index is 12.8. The molecule has 1 amide bonds. The lowest BCUT2D eigenvalue weighted by Crippen LogP contribution is -2.48. The Morgan fingerprint density at radius 3 is 2.50 bits per heavy atom. The van der Waals surface area contributed by atoms with Crippen LogP contribution >= 0.6 is 11.6 Å². The standard InChI is InChI=1S/C22H20ClN5O2/c23-18-7-3-1-5-16(18)21(29)27-13-11-26(12-14-27)15-20-25-19-8-4-2-6-17(19)22(30)28(20)10-9-24/h1-8H,10-15H2. The van der Waals surface area contributed by atoms with Gasteiger partial charge in [-0.2, -0.15) is 5.26 Å². The molecule has 0 saturated carbocycles. The normalized spacial score (nSPS) is 14.6. The Morgan fingerprint density at radius 2 is 1.77 bits per heavy atom. The fourth-order valence-electron chi connectivity index (χ4n) is 3.68. The third kappa shape index (κ3) is 3.92. The molecule has 0 bridgehead atoms. The second kappa shape index (κ2) is 8.66. The molecule has 1 aliphatic rings. The van der Waals surface area contributed by atoms with E-state index >= 15 is 0 Å². The van der Waals surface area contributed by atoms with E-state index in [0.717, 1.165) is 0 Å². The molecule has 0 N–H and O–H groups in total. The van der Waals surface area contributed by atoms with Crippen LogP contribution in [-0.4, -0.2) is 51.4 Å². The van der Waals surface area contributed by atoms with Gasteiger partial charge in [-0.1, -0.05) is 35.9 Å². The van der Waals surface area contributed by atoms with E-state index in [0.29, 0.717) is 60.0 Å². The van der Waals surface area contributed by atoms with Crippen molar-refractivity contribution in [2.75, 3.05) is 26.2 Å². The van der Waals surface area contributed by atoms with Crippen molar-refractivity contribution in [2.24, 2.45) is 0 Å². The number of nitriles is 1. The summed E-state index contributed by atoms with van der Waals surface area (Å²) in [4.78, 5) is 34.1. The number of benzene rings is 2. The van der Waals surface area contributed by atoms with Crippen molar-refractivity contribution in [1.82, 2.24) is 19.4 Å². The van der Waals surface area contributed by atoms with Gasteiger partial charge in [0.2, 0.25) is 0 Å². The van der Waals surface area contributed by atoms with Crippen molar-refractivity contribution in [3.63, 3.8) is 0 Å². The Hall–Kier alpha value is -3.21. The minimum Gasteiger partial charge on any atom is -0.336 e. The minimum atomic E-state index is -0.204. The van der Waals surface area contributed by atoms with Crippen LogP contribution in [0, 0.1) is 11.3 Å². The van der Waals surface area contributed by atoms with Gasteiger partial charge in [-0.15, -0.1) is 0 Å². The Balaban J connectivity index is 1.50. The predicted octanol–water partition coefficient (Wildman–Crippen LogP) is 2.53. The summed E-state index contributed by atoms with van der Waals surface area (Å²) in [5, 5.41) is 10.1. The van der Waals surface area contributed by atoms with E-state index < -0.39 is 0 Å². The SMILES string of the molecule is N#CCn1c(CN2CCN(C(=O)c3ccccc3Cl)CC2)nc2ccccc2c1=O. The van der Waals surface area contributed by atoms with Crippen LogP contribution in [0.25, 0.3) is 10.9 Å². The number of amides is 1. The maximum Gasteiger partial charge on any atom is 0.262 e. The number of fused-ring (bicyclic) bond motifs is 1. The molecule has 0 unspecified atom stereocenters. The second-order valence-electron chi connectivity index (χ2n) is 7.14. The van der Waals surface area contributed by atoms with Gasteiger partial charge in [0.25, 0.3) is 11.5 Å². The summed E-state index contributed by atoms with van der Waals surface area (Å²) in [6.07, 6.45) is 0. The summed E-state index contributed by atoms with van der Waals surface area (Å²) >= 11 is 6.16. The molecule has 1 aromatic heterocycles. The molecule has 30 heavy (non-hydrogen) atoms. The highest BCUT2D eigenvalue weighted by Gasteiger charge is 2.24. The number of hydrogen-bond donors (Lipinski definition) is 0. The summed E-state index contributed by atoms with van der Waals surface area (Å²) < 4.78 is 1.43. The average molecular weight is 422 g/mol. The molecule has 0 aliphatic carbocycles. The fraction of sp³-hybridized carbons (Fsp3) is 0.273. The summed E-state index contributed by atoms with van der Waals surface area (Å²) in [7, 11) is 0. The lowest BCUT2D eigenvalue weighted by atomic mass is 10.2. The van der Waals surface area contributed by atoms with Crippen LogP contribution in [0.4, 0.5) is 0 Å². The lowest BCUT2D eigenvalue weighted by molar-refractivity contribution is 0.0624. The number of carbonyl (C=O) groups is 1. The molecule has 2 aromatic carbocycles.